The summed E-state index contributed by atoms with van der Waals surface area (Å²) < 4.78 is 1.13. The molecule has 1 fully saturated rings. The van der Waals surface area contributed by atoms with E-state index in [-0.39, 0.29) is 0 Å². The lowest BCUT2D eigenvalue weighted by Gasteiger charge is -2.25. The molecule has 1 atom stereocenters. The van der Waals surface area contributed by atoms with Gasteiger partial charge in [0.05, 0.1) is 11.4 Å². The van der Waals surface area contributed by atoms with Crippen LogP contribution in [0.5, 0.6) is 0 Å². The van der Waals surface area contributed by atoms with Gasteiger partial charge in [0.1, 0.15) is 0 Å². The number of nitrogens with one attached hydrogen (secondary N) is 1. The molecule has 1 aromatic rings. The molecule has 0 amide bonds. The van der Waals surface area contributed by atoms with Gasteiger partial charge in [-0.25, -0.2) is 0 Å². The fourth-order valence-electron chi connectivity index (χ4n) is 3.01. The van der Waals surface area contributed by atoms with Crippen LogP contribution >= 0.6 is 15.9 Å². The van der Waals surface area contributed by atoms with Crippen molar-refractivity contribution in [3.8, 4) is 0 Å². The topological polar surface area (TPSA) is 18.5 Å². The average molecular weight is 354 g/mol. The first kappa shape index (κ1) is 16.6. The maximum absolute atomic E-state index is 3.77. The van der Waals surface area contributed by atoms with E-state index >= 15 is 0 Å². The Hall–Kier alpha value is -0.740. The molecule has 1 aliphatic rings. The SMILES string of the molecule is CC(C)N1CCCC(Nc2cc(Br)ccc2N(C)C)CC1. The van der Waals surface area contributed by atoms with Crippen molar-refractivity contribution < 1.29 is 0 Å². The zero-order valence-corrected chi connectivity index (χ0v) is 15.3. The van der Waals surface area contributed by atoms with Gasteiger partial charge in [-0.2, -0.15) is 0 Å². The predicted octanol–water partition coefficient (Wildman–Crippen LogP) is 4.19. The molecule has 1 heterocycles. The van der Waals surface area contributed by atoms with E-state index in [9.17, 15) is 0 Å². The van der Waals surface area contributed by atoms with Crippen LogP contribution in [0.3, 0.4) is 0 Å². The van der Waals surface area contributed by atoms with Gasteiger partial charge in [-0.3, -0.25) is 0 Å². The summed E-state index contributed by atoms with van der Waals surface area (Å²) in [5.74, 6) is 0. The largest absolute Gasteiger partial charge is 0.381 e. The van der Waals surface area contributed by atoms with Crippen molar-refractivity contribution in [2.75, 3.05) is 37.4 Å². The van der Waals surface area contributed by atoms with Gasteiger partial charge in [0.25, 0.3) is 0 Å². The van der Waals surface area contributed by atoms with Crippen molar-refractivity contribution in [1.29, 1.82) is 0 Å². The molecule has 0 aromatic heterocycles. The van der Waals surface area contributed by atoms with Gasteiger partial charge in [-0.05, 0) is 57.9 Å². The molecular weight excluding hydrogens is 326 g/mol. The molecule has 1 aliphatic heterocycles. The first-order chi connectivity index (χ1) is 9.97. The Morgan fingerprint density at radius 1 is 1.24 bits per heavy atom. The van der Waals surface area contributed by atoms with E-state index in [2.05, 4.69) is 77.2 Å². The van der Waals surface area contributed by atoms with E-state index in [0.29, 0.717) is 12.1 Å². The molecule has 0 bridgehead atoms. The van der Waals surface area contributed by atoms with Gasteiger partial charge in [-0.1, -0.05) is 15.9 Å². The van der Waals surface area contributed by atoms with Crippen molar-refractivity contribution in [1.82, 2.24) is 4.90 Å². The van der Waals surface area contributed by atoms with Crippen LogP contribution < -0.4 is 10.2 Å². The van der Waals surface area contributed by atoms with Crippen molar-refractivity contribution >= 4 is 27.3 Å². The Kier molecular flexibility index (Phi) is 5.94. The van der Waals surface area contributed by atoms with E-state index in [0.717, 1.165) is 4.47 Å². The molecule has 0 saturated carbocycles. The summed E-state index contributed by atoms with van der Waals surface area (Å²) in [5.41, 5.74) is 2.49. The fraction of sp³-hybridized carbons (Fsp3) is 0.647. The minimum atomic E-state index is 0.571. The molecule has 0 aliphatic carbocycles. The van der Waals surface area contributed by atoms with E-state index in [1.165, 1.54) is 43.7 Å². The molecule has 1 saturated heterocycles. The molecule has 4 heteroatoms. The highest BCUT2D eigenvalue weighted by atomic mass is 79.9. The monoisotopic (exact) mass is 353 g/mol. The Morgan fingerprint density at radius 3 is 2.67 bits per heavy atom. The minimum Gasteiger partial charge on any atom is -0.381 e. The van der Waals surface area contributed by atoms with Gasteiger partial charge >= 0.3 is 0 Å². The number of benzene rings is 1. The van der Waals surface area contributed by atoms with E-state index in [1.54, 1.807) is 0 Å². The lowest BCUT2D eigenvalue weighted by Crippen LogP contribution is -2.32. The van der Waals surface area contributed by atoms with Crippen LogP contribution in [0.1, 0.15) is 33.1 Å². The minimum absolute atomic E-state index is 0.571. The fourth-order valence-corrected chi connectivity index (χ4v) is 3.37. The molecule has 0 spiro atoms. The van der Waals surface area contributed by atoms with Gasteiger partial charge in [0.2, 0.25) is 0 Å². The number of hydrogen-bond donors (Lipinski definition) is 1. The van der Waals surface area contributed by atoms with Crippen LogP contribution in [0.25, 0.3) is 0 Å². The second-order valence-electron chi connectivity index (χ2n) is 6.46. The molecule has 0 radical (unpaired) electrons. The Morgan fingerprint density at radius 2 is 2.00 bits per heavy atom. The highest BCUT2D eigenvalue weighted by Gasteiger charge is 2.19. The molecular formula is C17H28BrN3. The van der Waals surface area contributed by atoms with Crippen LogP contribution in [0.4, 0.5) is 11.4 Å². The predicted molar refractivity (Wildman–Crippen MR) is 96.4 cm³/mol. The smallest absolute Gasteiger partial charge is 0.0597 e. The quantitative estimate of drug-likeness (QED) is 0.875. The summed E-state index contributed by atoms with van der Waals surface area (Å²) in [4.78, 5) is 4.77. The third-order valence-corrected chi connectivity index (χ3v) is 4.79. The first-order valence-corrected chi connectivity index (χ1v) is 8.74. The van der Waals surface area contributed by atoms with E-state index in [1.807, 2.05) is 0 Å². The zero-order valence-electron chi connectivity index (χ0n) is 13.7. The van der Waals surface area contributed by atoms with Crippen molar-refractivity contribution in [2.24, 2.45) is 0 Å². The third kappa shape index (κ3) is 4.62. The summed E-state index contributed by atoms with van der Waals surface area (Å²) in [5, 5.41) is 3.77. The number of nitrogens with zero attached hydrogens (tertiary/aromatic N) is 2. The summed E-state index contributed by atoms with van der Waals surface area (Å²) >= 11 is 3.59. The van der Waals surface area contributed by atoms with Gasteiger partial charge in [0, 0.05) is 37.2 Å². The van der Waals surface area contributed by atoms with Crippen molar-refractivity contribution in [2.45, 2.75) is 45.2 Å². The molecule has 1 N–H and O–H groups in total. The van der Waals surface area contributed by atoms with Gasteiger partial charge in [0.15, 0.2) is 0 Å². The number of anilines is 2. The second-order valence-corrected chi connectivity index (χ2v) is 7.37. The Labute approximate surface area is 137 Å². The van der Waals surface area contributed by atoms with Crippen molar-refractivity contribution in [3.05, 3.63) is 22.7 Å². The van der Waals surface area contributed by atoms with Crippen LogP contribution in [-0.4, -0.2) is 44.2 Å². The Balaban J connectivity index is 2.06. The van der Waals surface area contributed by atoms with Crippen molar-refractivity contribution in [3.63, 3.8) is 0 Å². The highest BCUT2D eigenvalue weighted by molar-refractivity contribution is 9.10. The Bertz CT molecular complexity index is 459. The number of halogens is 1. The van der Waals surface area contributed by atoms with E-state index < -0.39 is 0 Å². The lowest BCUT2D eigenvalue weighted by molar-refractivity contribution is 0.230. The molecule has 1 unspecified atom stereocenters. The van der Waals surface area contributed by atoms with Crippen LogP contribution in [0.15, 0.2) is 22.7 Å². The summed E-state index contributed by atoms with van der Waals surface area (Å²) in [6.07, 6.45) is 3.75. The summed E-state index contributed by atoms with van der Waals surface area (Å²) in [6.45, 7) is 7.02. The lowest BCUT2D eigenvalue weighted by atomic mass is 10.1. The molecule has 1 aromatic carbocycles. The first-order valence-electron chi connectivity index (χ1n) is 7.95. The zero-order chi connectivity index (χ0) is 15.4. The summed E-state index contributed by atoms with van der Waals surface area (Å²) in [7, 11) is 4.20. The number of rotatable bonds is 4. The van der Waals surface area contributed by atoms with E-state index in [4.69, 9.17) is 0 Å². The second kappa shape index (κ2) is 7.50. The van der Waals surface area contributed by atoms with Gasteiger partial charge < -0.3 is 15.1 Å². The molecule has 21 heavy (non-hydrogen) atoms. The maximum atomic E-state index is 3.77. The molecule has 2 rings (SSSR count). The van der Waals surface area contributed by atoms with Gasteiger partial charge in [-0.15, -0.1) is 0 Å². The molecule has 3 nitrogen and oxygen atoms in total. The molecule has 118 valence electrons. The average Bonchev–Trinajstić information content (AvgIpc) is 2.64. The normalized spacial score (nSPS) is 20.4. The summed E-state index contributed by atoms with van der Waals surface area (Å²) in [6, 6.07) is 7.70. The van der Waals surface area contributed by atoms with Crippen LogP contribution in [0.2, 0.25) is 0 Å². The van der Waals surface area contributed by atoms with Crippen LogP contribution in [-0.2, 0) is 0 Å². The standard InChI is InChI=1S/C17H28BrN3/c1-13(2)21-10-5-6-15(9-11-21)19-16-12-14(18)7-8-17(16)20(3)4/h7-8,12-13,15,19H,5-6,9-11H2,1-4H3. The maximum Gasteiger partial charge on any atom is 0.0597 e. The number of likely N-dealkylation sites (tertiary alicyclic amines) is 1. The number of hydrogen-bond acceptors (Lipinski definition) is 3. The van der Waals surface area contributed by atoms with Crippen LogP contribution in [0, 0.1) is 0 Å². The highest BCUT2D eigenvalue weighted by Crippen LogP contribution is 2.30. The third-order valence-electron chi connectivity index (χ3n) is 4.29.